The van der Waals surface area contributed by atoms with Crippen molar-refractivity contribution in [2.45, 2.75) is 133 Å². The Morgan fingerprint density at radius 1 is 0.853 bits per heavy atom. The lowest BCUT2D eigenvalue weighted by Crippen LogP contribution is -2.64. The molecule has 192 valence electrons. The molecule has 2 nitrogen and oxygen atoms in total. The lowest BCUT2D eigenvalue weighted by atomic mass is 9.33. The fraction of sp³-hybridized carbons (Fsp3) is 0.906. The predicted octanol–water partition coefficient (Wildman–Crippen LogP) is 8.74. The lowest BCUT2D eigenvalue weighted by molar-refractivity contribution is -0.211. The van der Waals surface area contributed by atoms with Gasteiger partial charge < -0.3 is 4.74 Å². The number of allylic oxidation sites excluding steroid dienone is 2. The number of esters is 1. The molecule has 34 heavy (non-hydrogen) atoms. The first-order chi connectivity index (χ1) is 15.6. The van der Waals surface area contributed by atoms with E-state index in [9.17, 15) is 4.79 Å². The van der Waals surface area contributed by atoms with Crippen LogP contribution in [0.25, 0.3) is 0 Å². The summed E-state index contributed by atoms with van der Waals surface area (Å²) in [7, 11) is 0. The van der Waals surface area contributed by atoms with Crippen LogP contribution in [0.3, 0.4) is 0 Å². The van der Waals surface area contributed by atoms with Crippen LogP contribution >= 0.6 is 0 Å². The fourth-order valence-corrected chi connectivity index (χ4v) is 10.9. The molecule has 5 aliphatic carbocycles. The van der Waals surface area contributed by atoms with E-state index in [4.69, 9.17) is 4.74 Å². The highest BCUT2D eigenvalue weighted by Gasteiger charge is 2.68. The molecule has 0 radical (unpaired) electrons. The van der Waals surface area contributed by atoms with E-state index in [0.29, 0.717) is 33.0 Å². The van der Waals surface area contributed by atoms with Crippen LogP contribution in [0.4, 0.5) is 0 Å². The summed E-state index contributed by atoms with van der Waals surface area (Å²) in [6.45, 7) is 22.0. The number of carbonyl (C=O) groups is 1. The highest BCUT2D eigenvalue weighted by Crippen LogP contribution is 2.75. The Labute approximate surface area is 210 Å². The van der Waals surface area contributed by atoms with Gasteiger partial charge in [0.15, 0.2) is 0 Å². The number of fused-ring (bicyclic) bond motifs is 7. The van der Waals surface area contributed by atoms with Gasteiger partial charge in [0.05, 0.1) is 0 Å². The Morgan fingerprint density at radius 3 is 2.21 bits per heavy atom. The van der Waals surface area contributed by atoms with Crippen LogP contribution in [0.1, 0.15) is 127 Å². The monoisotopic (exact) mass is 468 g/mol. The van der Waals surface area contributed by atoms with Gasteiger partial charge in [-0.3, -0.25) is 4.79 Å². The Morgan fingerprint density at radius 2 is 1.53 bits per heavy atom. The first-order valence-electron chi connectivity index (χ1n) is 14.5. The van der Waals surface area contributed by atoms with E-state index in [1.807, 2.05) is 5.57 Å². The van der Waals surface area contributed by atoms with Crippen molar-refractivity contribution in [3.8, 4) is 0 Å². The number of hydrogen-bond donors (Lipinski definition) is 0. The van der Waals surface area contributed by atoms with Crippen molar-refractivity contribution in [2.24, 2.45) is 50.2 Å². The van der Waals surface area contributed by atoms with E-state index in [-0.39, 0.29) is 17.5 Å². The van der Waals surface area contributed by atoms with Crippen molar-refractivity contribution in [1.82, 2.24) is 0 Å². The number of ether oxygens (including phenoxy) is 1. The normalized spacial score (nSPS) is 51.1. The molecule has 0 heterocycles. The quantitative estimate of drug-likeness (QED) is 0.284. The highest BCUT2D eigenvalue weighted by atomic mass is 16.5. The second kappa shape index (κ2) is 7.38. The van der Waals surface area contributed by atoms with Gasteiger partial charge in [-0.25, -0.2) is 0 Å². The molecule has 0 aromatic heterocycles. The maximum Gasteiger partial charge on any atom is 0.302 e. The summed E-state index contributed by atoms with van der Waals surface area (Å²) in [4.78, 5) is 11.9. The number of carbonyl (C=O) groups excluding carboxylic acids is 1. The second-order valence-electron chi connectivity index (χ2n) is 15.8. The van der Waals surface area contributed by atoms with Gasteiger partial charge >= 0.3 is 5.97 Å². The van der Waals surface area contributed by atoms with Crippen molar-refractivity contribution in [1.29, 1.82) is 0 Å². The number of rotatable bonds is 1. The molecular weight excluding hydrogens is 416 g/mol. The van der Waals surface area contributed by atoms with Gasteiger partial charge in [-0.2, -0.15) is 0 Å². The number of hydrogen-bond acceptors (Lipinski definition) is 2. The summed E-state index contributed by atoms with van der Waals surface area (Å²) >= 11 is 0. The zero-order valence-corrected chi connectivity index (χ0v) is 23.8. The van der Waals surface area contributed by atoms with Crippen molar-refractivity contribution in [2.75, 3.05) is 0 Å². The minimum absolute atomic E-state index is 0.0451. The van der Waals surface area contributed by atoms with E-state index in [1.165, 1.54) is 57.8 Å². The molecule has 4 saturated carbocycles. The van der Waals surface area contributed by atoms with Crippen molar-refractivity contribution in [3.63, 3.8) is 0 Å². The van der Waals surface area contributed by atoms with Crippen LogP contribution in [-0.4, -0.2) is 12.1 Å². The van der Waals surface area contributed by atoms with Gasteiger partial charge in [0.2, 0.25) is 0 Å². The largest absolute Gasteiger partial charge is 0.462 e. The molecule has 8 atom stereocenters. The first kappa shape index (κ1) is 24.9. The van der Waals surface area contributed by atoms with E-state index in [0.717, 1.165) is 18.3 Å². The van der Waals surface area contributed by atoms with Gasteiger partial charge in [-0.1, -0.05) is 67.0 Å². The molecule has 2 heteroatoms. The van der Waals surface area contributed by atoms with E-state index >= 15 is 0 Å². The van der Waals surface area contributed by atoms with Crippen LogP contribution in [0.5, 0.6) is 0 Å². The highest BCUT2D eigenvalue weighted by molar-refractivity contribution is 5.66. The van der Waals surface area contributed by atoms with Crippen LogP contribution in [0, 0.1) is 50.2 Å². The predicted molar refractivity (Wildman–Crippen MR) is 140 cm³/mol. The third-order valence-electron chi connectivity index (χ3n) is 13.3. The fourth-order valence-electron chi connectivity index (χ4n) is 10.9. The Balaban J connectivity index is 1.53. The molecule has 0 aromatic rings. The molecule has 0 N–H and O–H groups in total. The molecule has 0 unspecified atom stereocenters. The Kier molecular flexibility index (Phi) is 5.40. The SMILES string of the molecule is CC(=O)O[C@@H]1CC[C@@]2(C)[C@@H](CC[C@]3(C)[C@H]2CC=C2[C@@H]4CC(C)(C)CC[C@@]4(C)CC[C@]23C)C1(C)C. The van der Waals surface area contributed by atoms with Crippen LogP contribution in [-0.2, 0) is 9.53 Å². The minimum Gasteiger partial charge on any atom is -0.462 e. The topological polar surface area (TPSA) is 26.3 Å². The molecule has 0 aromatic carbocycles. The average molecular weight is 469 g/mol. The van der Waals surface area contributed by atoms with Crippen LogP contribution in [0.2, 0.25) is 0 Å². The molecular formula is C32H52O2. The van der Waals surface area contributed by atoms with Gasteiger partial charge in [-0.05, 0) is 109 Å². The van der Waals surface area contributed by atoms with Crippen molar-refractivity contribution < 1.29 is 9.53 Å². The zero-order valence-electron chi connectivity index (χ0n) is 23.8. The van der Waals surface area contributed by atoms with Crippen molar-refractivity contribution >= 4 is 5.97 Å². The Hall–Kier alpha value is -0.790. The molecule has 5 aliphatic rings. The van der Waals surface area contributed by atoms with Gasteiger partial charge in [0.1, 0.15) is 6.10 Å². The third kappa shape index (κ3) is 3.21. The summed E-state index contributed by atoms with van der Waals surface area (Å²) < 4.78 is 5.91. The van der Waals surface area contributed by atoms with Gasteiger partial charge in [0.25, 0.3) is 0 Å². The van der Waals surface area contributed by atoms with Crippen LogP contribution < -0.4 is 0 Å². The van der Waals surface area contributed by atoms with E-state index in [1.54, 1.807) is 6.92 Å². The first-order valence-corrected chi connectivity index (χ1v) is 14.5. The minimum atomic E-state index is -0.110. The molecule has 5 rings (SSSR count). The lowest BCUT2D eigenvalue weighted by Gasteiger charge is -2.71. The summed E-state index contributed by atoms with van der Waals surface area (Å²) in [5.41, 5.74) is 3.92. The maximum absolute atomic E-state index is 11.9. The molecule has 0 amide bonds. The van der Waals surface area contributed by atoms with Gasteiger partial charge in [0, 0.05) is 12.3 Å². The molecule has 0 bridgehead atoms. The van der Waals surface area contributed by atoms with E-state index in [2.05, 4.69) is 61.5 Å². The van der Waals surface area contributed by atoms with Gasteiger partial charge in [-0.15, -0.1) is 0 Å². The molecule has 4 fully saturated rings. The smallest absolute Gasteiger partial charge is 0.302 e. The summed E-state index contributed by atoms with van der Waals surface area (Å²) in [5.74, 6) is 2.01. The van der Waals surface area contributed by atoms with Crippen LogP contribution in [0.15, 0.2) is 11.6 Å². The summed E-state index contributed by atoms with van der Waals surface area (Å²) in [6, 6.07) is 0. The van der Waals surface area contributed by atoms with Crippen molar-refractivity contribution in [3.05, 3.63) is 11.6 Å². The summed E-state index contributed by atoms with van der Waals surface area (Å²) in [6.07, 6.45) is 15.9. The Bertz CT molecular complexity index is 897. The summed E-state index contributed by atoms with van der Waals surface area (Å²) in [5, 5.41) is 0. The molecule has 0 spiro atoms. The van der Waals surface area contributed by atoms with E-state index < -0.39 is 0 Å². The standard InChI is InChI=1S/C32H52O2/c1-21(33)34-26-13-14-30(7)24(28(26,4)5)12-15-32(9)25(30)11-10-22-23-20-27(2,3)16-17-29(23,6)18-19-31(22,32)8/h10,23-26H,11-20H2,1-9H3/t23-,24-,25-,26+,29-,30-,31+,32+/m0/s1. The zero-order chi connectivity index (χ0) is 24.9. The molecule has 0 saturated heterocycles. The third-order valence-corrected chi connectivity index (χ3v) is 13.3. The second-order valence-corrected chi connectivity index (χ2v) is 15.8. The molecule has 0 aliphatic heterocycles. The average Bonchev–Trinajstić information content (AvgIpc) is 2.72. The maximum atomic E-state index is 11.9.